The second-order valence-corrected chi connectivity index (χ2v) is 5.29. The largest absolute Gasteiger partial charge is 0.484 e. The van der Waals surface area contributed by atoms with Gasteiger partial charge in [0, 0.05) is 6.07 Å². The fourth-order valence-electron chi connectivity index (χ4n) is 1.84. The molecule has 2 aromatic rings. The molecular formula is C16H15N3O4S. The molecule has 0 heterocycles. The molecular weight excluding hydrogens is 330 g/mol. The van der Waals surface area contributed by atoms with Crippen molar-refractivity contribution in [2.75, 3.05) is 11.9 Å². The number of nitrogens with zero attached hydrogens (tertiary/aromatic N) is 1. The van der Waals surface area contributed by atoms with Crippen LogP contribution in [0.25, 0.3) is 0 Å². The Kier molecular flexibility index (Phi) is 5.80. The lowest BCUT2D eigenvalue weighted by atomic mass is 10.2. The molecule has 7 nitrogen and oxygen atoms in total. The third-order valence-electron chi connectivity index (χ3n) is 2.99. The molecule has 0 aromatic heterocycles. The summed E-state index contributed by atoms with van der Waals surface area (Å²) in [6, 6.07) is 13.3. The molecule has 0 unspecified atom stereocenters. The van der Waals surface area contributed by atoms with E-state index >= 15 is 0 Å². The second kappa shape index (κ2) is 8.02. The second-order valence-electron chi connectivity index (χ2n) is 4.88. The molecule has 8 heteroatoms. The minimum atomic E-state index is -0.534. The van der Waals surface area contributed by atoms with Gasteiger partial charge in [-0.15, -0.1) is 0 Å². The van der Waals surface area contributed by atoms with E-state index in [1.54, 1.807) is 24.3 Å². The van der Waals surface area contributed by atoms with Crippen LogP contribution in [0.1, 0.15) is 5.56 Å². The zero-order valence-corrected chi connectivity index (χ0v) is 13.6. The number of carbonyl (C=O) groups is 1. The van der Waals surface area contributed by atoms with Crippen molar-refractivity contribution in [2.24, 2.45) is 0 Å². The number of hydrogen-bond donors (Lipinski definition) is 2. The van der Waals surface area contributed by atoms with E-state index in [2.05, 4.69) is 10.6 Å². The number of ether oxygens (including phenoxy) is 1. The number of hydrogen-bond acceptors (Lipinski definition) is 5. The topological polar surface area (TPSA) is 93.5 Å². The molecule has 2 aromatic carbocycles. The molecule has 0 bridgehead atoms. The Balaban J connectivity index is 1.87. The van der Waals surface area contributed by atoms with Crippen LogP contribution >= 0.6 is 12.2 Å². The van der Waals surface area contributed by atoms with Crippen LogP contribution in [0.15, 0.2) is 48.5 Å². The first kappa shape index (κ1) is 17.4. The van der Waals surface area contributed by atoms with Crippen molar-refractivity contribution in [3.05, 3.63) is 64.2 Å². The fourth-order valence-corrected chi connectivity index (χ4v) is 2.06. The van der Waals surface area contributed by atoms with Crippen LogP contribution in [-0.2, 0) is 4.79 Å². The van der Waals surface area contributed by atoms with E-state index in [4.69, 9.17) is 17.0 Å². The van der Waals surface area contributed by atoms with Crippen LogP contribution in [0.3, 0.4) is 0 Å². The highest BCUT2D eigenvalue weighted by molar-refractivity contribution is 7.80. The molecule has 2 N–H and O–H groups in total. The van der Waals surface area contributed by atoms with E-state index in [1.165, 1.54) is 12.1 Å². The SMILES string of the molecule is Cc1ccc(OCC(=O)NC(=S)Nc2ccccc2[N+](=O)[O-])cc1. The van der Waals surface area contributed by atoms with Crippen molar-refractivity contribution in [3.63, 3.8) is 0 Å². The highest BCUT2D eigenvalue weighted by atomic mass is 32.1. The number of aryl methyl sites for hydroxylation is 1. The predicted octanol–water partition coefficient (Wildman–Crippen LogP) is 2.80. The van der Waals surface area contributed by atoms with Crippen molar-refractivity contribution in [2.45, 2.75) is 6.92 Å². The third-order valence-corrected chi connectivity index (χ3v) is 3.20. The number of anilines is 1. The predicted molar refractivity (Wildman–Crippen MR) is 94.1 cm³/mol. The number of amides is 1. The average molecular weight is 345 g/mol. The number of nitro groups is 1. The number of nitrogens with one attached hydrogen (secondary N) is 2. The van der Waals surface area contributed by atoms with Crippen molar-refractivity contribution < 1.29 is 14.5 Å². The average Bonchev–Trinajstić information content (AvgIpc) is 2.54. The monoisotopic (exact) mass is 345 g/mol. The van der Waals surface area contributed by atoms with Gasteiger partial charge in [-0.3, -0.25) is 20.2 Å². The van der Waals surface area contributed by atoms with E-state index < -0.39 is 10.8 Å². The van der Waals surface area contributed by atoms with Crippen molar-refractivity contribution >= 4 is 34.6 Å². The zero-order valence-electron chi connectivity index (χ0n) is 12.8. The highest BCUT2D eigenvalue weighted by Crippen LogP contribution is 2.22. The van der Waals surface area contributed by atoms with Gasteiger partial charge in [0.15, 0.2) is 11.7 Å². The smallest absolute Gasteiger partial charge is 0.292 e. The number of nitro benzene ring substituents is 1. The van der Waals surface area contributed by atoms with Gasteiger partial charge in [0.2, 0.25) is 0 Å². The van der Waals surface area contributed by atoms with Crippen molar-refractivity contribution in [1.29, 1.82) is 0 Å². The molecule has 0 saturated heterocycles. The minimum absolute atomic E-state index is 0.0400. The summed E-state index contributed by atoms with van der Waals surface area (Å²) in [5, 5.41) is 15.9. The summed E-state index contributed by atoms with van der Waals surface area (Å²) in [6.45, 7) is 1.73. The molecule has 2 rings (SSSR count). The maximum absolute atomic E-state index is 11.8. The molecule has 0 saturated carbocycles. The summed E-state index contributed by atoms with van der Waals surface area (Å²) in [7, 11) is 0. The number of carbonyl (C=O) groups excluding carboxylic acids is 1. The summed E-state index contributed by atoms with van der Waals surface area (Å²) in [5.74, 6) is 0.0972. The molecule has 1 amide bonds. The molecule has 124 valence electrons. The Hall–Kier alpha value is -3.00. The number of benzene rings is 2. The normalized spacial score (nSPS) is 9.88. The molecule has 0 aliphatic rings. The first-order valence-corrected chi connectivity index (χ1v) is 7.40. The summed E-state index contributed by atoms with van der Waals surface area (Å²) in [6.07, 6.45) is 0. The van der Waals surface area contributed by atoms with Gasteiger partial charge in [-0.05, 0) is 37.3 Å². The van der Waals surface area contributed by atoms with Gasteiger partial charge >= 0.3 is 0 Å². The molecule has 0 aliphatic carbocycles. The Morgan fingerprint density at radius 2 is 1.88 bits per heavy atom. The lowest BCUT2D eigenvalue weighted by Gasteiger charge is -2.10. The first-order valence-electron chi connectivity index (χ1n) is 6.99. The van der Waals surface area contributed by atoms with Crippen LogP contribution < -0.4 is 15.4 Å². The maximum Gasteiger partial charge on any atom is 0.292 e. The van der Waals surface area contributed by atoms with Gasteiger partial charge in [-0.1, -0.05) is 29.8 Å². The summed E-state index contributed by atoms with van der Waals surface area (Å²) in [5.41, 5.74) is 1.15. The Morgan fingerprint density at radius 1 is 1.21 bits per heavy atom. The van der Waals surface area contributed by atoms with Gasteiger partial charge in [0.1, 0.15) is 11.4 Å². The first-order chi connectivity index (χ1) is 11.5. The standard InChI is InChI=1S/C16H15N3O4S/c1-11-6-8-12(9-7-11)23-10-15(20)18-16(24)17-13-4-2-3-5-14(13)19(21)22/h2-9H,10H2,1H3,(H2,17,18,20,24). The fraction of sp³-hybridized carbons (Fsp3) is 0.125. The summed E-state index contributed by atoms with van der Waals surface area (Å²) >= 11 is 4.99. The van der Waals surface area contributed by atoms with Crippen molar-refractivity contribution in [1.82, 2.24) is 5.32 Å². The van der Waals surface area contributed by atoms with Gasteiger partial charge in [-0.25, -0.2) is 0 Å². The van der Waals surface area contributed by atoms with Crippen LogP contribution in [0.4, 0.5) is 11.4 Å². The van der Waals surface area contributed by atoms with Crippen LogP contribution in [0, 0.1) is 17.0 Å². The Labute approximate surface area is 143 Å². The lowest BCUT2D eigenvalue weighted by molar-refractivity contribution is -0.383. The number of para-hydroxylation sites is 2. The Morgan fingerprint density at radius 3 is 2.54 bits per heavy atom. The molecule has 0 radical (unpaired) electrons. The van der Waals surface area contributed by atoms with Gasteiger partial charge in [-0.2, -0.15) is 0 Å². The van der Waals surface area contributed by atoms with Crippen molar-refractivity contribution in [3.8, 4) is 5.75 Å². The lowest BCUT2D eigenvalue weighted by Crippen LogP contribution is -2.37. The molecule has 0 spiro atoms. The zero-order chi connectivity index (χ0) is 17.5. The van der Waals surface area contributed by atoms with Crippen LogP contribution in [-0.4, -0.2) is 22.5 Å². The number of rotatable bonds is 5. The molecule has 0 atom stereocenters. The van der Waals surface area contributed by atoms with E-state index in [0.29, 0.717) is 5.75 Å². The number of thiocarbonyl (C=S) groups is 1. The molecule has 0 fully saturated rings. The van der Waals surface area contributed by atoms with Crippen LogP contribution in [0.2, 0.25) is 0 Å². The van der Waals surface area contributed by atoms with Gasteiger partial charge in [0.25, 0.3) is 11.6 Å². The summed E-state index contributed by atoms with van der Waals surface area (Å²) < 4.78 is 5.33. The van der Waals surface area contributed by atoms with Gasteiger partial charge < -0.3 is 10.1 Å². The van der Waals surface area contributed by atoms with E-state index in [0.717, 1.165) is 5.56 Å². The van der Waals surface area contributed by atoms with Gasteiger partial charge in [0.05, 0.1) is 4.92 Å². The quantitative estimate of drug-likeness (QED) is 0.492. The highest BCUT2D eigenvalue weighted by Gasteiger charge is 2.14. The summed E-state index contributed by atoms with van der Waals surface area (Å²) in [4.78, 5) is 22.2. The minimum Gasteiger partial charge on any atom is -0.484 e. The molecule has 24 heavy (non-hydrogen) atoms. The maximum atomic E-state index is 11.8. The third kappa shape index (κ3) is 5.03. The van der Waals surface area contributed by atoms with Crippen LogP contribution in [0.5, 0.6) is 5.75 Å². The van der Waals surface area contributed by atoms with E-state index in [1.807, 2.05) is 19.1 Å². The Bertz CT molecular complexity index is 762. The van der Waals surface area contributed by atoms with E-state index in [-0.39, 0.29) is 23.1 Å². The molecule has 0 aliphatic heterocycles. The van der Waals surface area contributed by atoms with E-state index in [9.17, 15) is 14.9 Å².